The average molecular weight is 1050 g/mol. The van der Waals surface area contributed by atoms with Gasteiger partial charge in [0.05, 0.1) is 44.4 Å². The van der Waals surface area contributed by atoms with Crippen molar-refractivity contribution in [2.75, 3.05) is 135 Å². The van der Waals surface area contributed by atoms with E-state index in [2.05, 4.69) is 56.0 Å². The third-order valence-corrected chi connectivity index (χ3v) is 15.9. The quantitative estimate of drug-likeness (QED) is 0.0443. The Balaban J connectivity index is 1.13. The Labute approximate surface area is 446 Å². The predicted octanol–water partition coefficient (Wildman–Crippen LogP) is 6.60. The molecule has 7 rings (SSSR count). The minimum atomic E-state index is -3.46. The van der Waals surface area contributed by atoms with Crippen molar-refractivity contribution in [2.24, 2.45) is 12.8 Å². The molecule has 0 aliphatic carbocycles. The zero-order chi connectivity index (χ0) is 53.5. The van der Waals surface area contributed by atoms with Crippen LogP contribution in [0.2, 0.25) is 0 Å². The molecular weight excluding hydrogens is 971 g/mol. The SMILES string of the molecule is Cc1nn(C)c(COc2ccc(N3CCN(S(=O)(=O)N(C)C)CC3)cc2)c1-c1cccc(CCCCOc2cccc3ccccc23)c1N(CCN1CCN(CCOCCOCCN)CC1)[C@@H](C)C(=O)OC(C)(C)C. The second kappa shape index (κ2) is 27.1. The molecule has 2 saturated heterocycles. The van der Waals surface area contributed by atoms with E-state index < -0.39 is 21.9 Å². The number of anilines is 2. The van der Waals surface area contributed by atoms with Crippen molar-refractivity contribution in [3.63, 3.8) is 0 Å². The van der Waals surface area contributed by atoms with Crippen LogP contribution >= 0.6 is 0 Å². The molecule has 0 saturated carbocycles. The molecule has 5 aromatic rings. The van der Waals surface area contributed by atoms with E-state index in [1.54, 1.807) is 14.1 Å². The first-order valence-electron chi connectivity index (χ1n) is 26.7. The summed E-state index contributed by atoms with van der Waals surface area (Å²) in [7, 11) is 1.63. The number of para-hydroxylation sites is 1. The van der Waals surface area contributed by atoms with Crippen LogP contribution in [-0.4, -0.2) is 180 Å². The molecule has 410 valence electrons. The lowest BCUT2D eigenvalue weighted by atomic mass is 9.94. The molecule has 18 heteroatoms. The van der Waals surface area contributed by atoms with E-state index in [9.17, 15) is 13.2 Å². The van der Waals surface area contributed by atoms with Crippen LogP contribution in [0.15, 0.2) is 84.9 Å². The van der Waals surface area contributed by atoms with Gasteiger partial charge in [0.25, 0.3) is 10.2 Å². The molecular formula is C57H83N9O8S. The van der Waals surface area contributed by atoms with Gasteiger partial charge in [-0.2, -0.15) is 22.1 Å². The highest BCUT2D eigenvalue weighted by Gasteiger charge is 2.33. The minimum absolute atomic E-state index is 0.251. The number of aromatic nitrogens is 2. The van der Waals surface area contributed by atoms with E-state index in [4.69, 9.17) is 34.5 Å². The molecule has 2 aliphatic heterocycles. The van der Waals surface area contributed by atoms with Gasteiger partial charge in [0, 0.05) is 128 Å². The maximum Gasteiger partial charge on any atom is 0.328 e. The first-order chi connectivity index (χ1) is 36.0. The first-order valence-corrected chi connectivity index (χ1v) is 28.1. The lowest BCUT2D eigenvalue weighted by molar-refractivity contribution is -0.156. The van der Waals surface area contributed by atoms with Crippen molar-refractivity contribution in [2.45, 2.75) is 72.1 Å². The van der Waals surface area contributed by atoms with Crippen molar-refractivity contribution in [3.8, 4) is 22.6 Å². The first kappa shape index (κ1) is 57.4. The van der Waals surface area contributed by atoms with Gasteiger partial charge in [-0.1, -0.05) is 54.6 Å². The monoisotopic (exact) mass is 1050 g/mol. The molecule has 4 aromatic carbocycles. The summed E-state index contributed by atoms with van der Waals surface area (Å²) < 4.78 is 60.6. The highest BCUT2D eigenvalue weighted by atomic mass is 32.2. The van der Waals surface area contributed by atoms with Crippen LogP contribution in [0.5, 0.6) is 11.5 Å². The van der Waals surface area contributed by atoms with Crippen LogP contribution in [0, 0.1) is 6.92 Å². The average Bonchev–Trinajstić information content (AvgIpc) is 3.69. The van der Waals surface area contributed by atoms with E-state index >= 15 is 0 Å². The summed E-state index contributed by atoms with van der Waals surface area (Å²) >= 11 is 0. The van der Waals surface area contributed by atoms with Crippen LogP contribution in [0.3, 0.4) is 0 Å². The summed E-state index contributed by atoms with van der Waals surface area (Å²) in [5, 5.41) is 7.25. The summed E-state index contributed by atoms with van der Waals surface area (Å²) in [6.45, 7) is 21.3. The molecule has 0 spiro atoms. The zero-order valence-corrected chi connectivity index (χ0v) is 46.7. The maximum absolute atomic E-state index is 14.4. The number of hydrogen-bond acceptors (Lipinski definition) is 14. The molecule has 0 amide bonds. The van der Waals surface area contributed by atoms with Crippen LogP contribution < -0.4 is 25.0 Å². The van der Waals surface area contributed by atoms with Crippen molar-refractivity contribution >= 4 is 38.3 Å². The van der Waals surface area contributed by atoms with Gasteiger partial charge in [0.1, 0.15) is 29.7 Å². The summed E-state index contributed by atoms with van der Waals surface area (Å²) in [6, 6.07) is 28.4. The Hall–Kier alpha value is -5.31. The van der Waals surface area contributed by atoms with Gasteiger partial charge in [-0.25, -0.2) is 4.79 Å². The number of fused-ring (bicyclic) bond motifs is 1. The number of piperazine rings is 2. The molecule has 0 unspecified atom stereocenters. The molecule has 17 nitrogen and oxygen atoms in total. The smallest absolute Gasteiger partial charge is 0.328 e. The van der Waals surface area contributed by atoms with Crippen LogP contribution in [-0.2, 0) is 49.3 Å². The summed E-state index contributed by atoms with van der Waals surface area (Å²) in [6.07, 6.45) is 2.47. The largest absolute Gasteiger partial charge is 0.493 e. The molecule has 3 heterocycles. The minimum Gasteiger partial charge on any atom is -0.493 e. The molecule has 0 radical (unpaired) electrons. The van der Waals surface area contributed by atoms with Gasteiger partial charge >= 0.3 is 5.97 Å². The van der Waals surface area contributed by atoms with E-state index in [-0.39, 0.29) is 12.6 Å². The molecule has 2 N–H and O–H groups in total. The van der Waals surface area contributed by atoms with Gasteiger partial charge in [-0.3, -0.25) is 14.5 Å². The lowest BCUT2D eigenvalue weighted by Gasteiger charge is -2.39. The number of rotatable bonds is 27. The Morgan fingerprint density at radius 3 is 2.13 bits per heavy atom. The third-order valence-electron chi connectivity index (χ3n) is 14.0. The van der Waals surface area contributed by atoms with Gasteiger partial charge < -0.3 is 39.2 Å². The number of carbonyl (C=O) groups excluding carboxylic acids is 1. The van der Waals surface area contributed by atoms with Crippen LogP contribution in [0.4, 0.5) is 11.4 Å². The fourth-order valence-electron chi connectivity index (χ4n) is 9.89. The van der Waals surface area contributed by atoms with Gasteiger partial charge in [-0.15, -0.1) is 0 Å². The molecule has 1 atom stereocenters. The van der Waals surface area contributed by atoms with Gasteiger partial charge in [-0.05, 0) is 95.2 Å². The number of ether oxygens (including phenoxy) is 5. The standard InChI is InChI=1S/C57H83N9O8S/c1-44-54(52(61(8)59-44)43-73-49-24-22-48(23-25-49)64-32-34-65(35-33-64)75(68,69)60(6)7)51-20-13-18-47(16-11-12-38-72-53-21-14-17-46-15-9-10-19-50(46)53)55(51)66(45(2)56(67)74-57(3,4)5)36-31-62-27-29-63(30-28-62)37-40-71-42-41-70-39-26-58/h9-10,13-15,17-25,45H,11-12,16,26-43,58H2,1-8H3/t45-/m0/s1. The third kappa shape index (κ3) is 15.7. The summed E-state index contributed by atoms with van der Waals surface area (Å²) in [5.41, 5.74) is 11.7. The number of unbranched alkanes of at least 4 members (excludes halogenated alkanes) is 1. The number of esters is 1. The normalized spacial score (nSPS) is 15.7. The number of hydrogen-bond donors (Lipinski definition) is 1. The highest BCUT2D eigenvalue weighted by molar-refractivity contribution is 7.86. The van der Waals surface area contributed by atoms with E-state index in [0.29, 0.717) is 78.1 Å². The summed E-state index contributed by atoms with van der Waals surface area (Å²) in [5.74, 6) is 1.32. The van der Waals surface area contributed by atoms with Crippen molar-refractivity contribution in [1.82, 2.24) is 28.2 Å². The Morgan fingerprint density at radius 1 is 0.773 bits per heavy atom. The Bertz CT molecular complexity index is 2690. The van der Waals surface area contributed by atoms with Crippen LogP contribution in [0.1, 0.15) is 57.5 Å². The predicted molar refractivity (Wildman–Crippen MR) is 299 cm³/mol. The molecule has 2 fully saturated rings. The maximum atomic E-state index is 14.4. The van der Waals surface area contributed by atoms with Crippen molar-refractivity contribution in [1.29, 1.82) is 0 Å². The fourth-order valence-corrected chi connectivity index (χ4v) is 11.0. The second-order valence-corrected chi connectivity index (χ2v) is 22.8. The number of benzene rings is 4. The fraction of sp³-hybridized carbons (Fsp3) is 0.544. The highest BCUT2D eigenvalue weighted by Crippen LogP contribution is 2.40. The molecule has 0 bridgehead atoms. The van der Waals surface area contributed by atoms with E-state index in [1.165, 1.54) is 8.61 Å². The lowest BCUT2D eigenvalue weighted by Crippen LogP contribution is -2.51. The van der Waals surface area contributed by atoms with E-state index in [1.807, 2.05) is 94.9 Å². The van der Waals surface area contributed by atoms with Crippen molar-refractivity contribution in [3.05, 3.63) is 102 Å². The summed E-state index contributed by atoms with van der Waals surface area (Å²) in [4.78, 5) is 23.8. The Kier molecular flexibility index (Phi) is 20.8. The van der Waals surface area contributed by atoms with Crippen LogP contribution in [0.25, 0.3) is 21.9 Å². The number of carbonyl (C=O) groups is 1. The Morgan fingerprint density at radius 2 is 1.44 bits per heavy atom. The number of nitrogens with zero attached hydrogens (tertiary/aromatic N) is 8. The van der Waals surface area contributed by atoms with Gasteiger partial charge in [0.15, 0.2) is 0 Å². The second-order valence-electron chi connectivity index (χ2n) is 20.7. The van der Waals surface area contributed by atoms with Crippen molar-refractivity contribution < 1.29 is 36.9 Å². The molecule has 75 heavy (non-hydrogen) atoms. The molecule has 1 aromatic heterocycles. The number of aryl methyl sites for hydroxylation is 3. The zero-order valence-electron chi connectivity index (χ0n) is 45.8. The topological polar surface area (TPSA) is 161 Å². The van der Waals surface area contributed by atoms with Gasteiger partial charge in [0.2, 0.25) is 0 Å². The molecule has 2 aliphatic rings. The number of nitrogens with two attached hydrogens (primary N) is 1. The van der Waals surface area contributed by atoms with E-state index in [0.717, 1.165) is 115 Å².